The third-order valence-corrected chi connectivity index (χ3v) is 9.37. The van der Waals surface area contributed by atoms with Gasteiger partial charge in [-0.05, 0) is 30.3 Å². The van der Waals surface area contributed by atoms with Crippen molar-refractivity contribution >= 4 is 58.4 Å². The molecule has 13 nitrogen and oxygen atoms in total. The van der Waals surface area contributed by atoms with E-state index in [9.17, 15) is 33.1 Å². The number of piperazine rings is 1. The van der Waals surface area contributed by atoms with Crippen molar-refractivity contribution in [1.29, 1.82) is 0 Å². The number of nitrogens with zero attached hydrogens (tertiary/aromatic N) is 5. The highest BCUT2D eigenvalue weighted by Crippen LogP contribution is 2.37. The van der Waals surface area contributed by atoms with Gasteiger partial charge in [0.25, 0.3) is 0 Å². The van der Waals surface area contributed by atoms with Gasteiger partial charge in [-0.15, -0.1) is 11.3 Å². The standard InChI is InChI=1S/C31H27ClF2N6O7S/c1-46-29(43)22-14-48-27(36-22)26-35-21(24(30(44)47-2)25(37-26)18-5-4-16(33)10-19(18)32)13-38-7-8-39-17(11-38)12-40(31(39)45)23-6-3-15(28(41)42)9-20(23)34/h3-6,9-10,14,17,25H,7-8,11-13H2,1-2H3,(H,35,37)(H,41,42)/t17-,25-/m0/s1. The van der Waals surface area contributed by atoms with Crippen LogP contribution in [0.3, 0.4) is 0 Å². The first kappa shape index (κ1) is 33.0. The second-order valence-corrected chi connectivity index (χ2v) is 12.3. The van der Waals surface area contributed by atoms with Crippen molar-refractivity contribution < 1.29 is 42.5 Å². The zero-order valence-electron chi connectivity index (χ0n) is 25.4. The van der Waals surface area contributed by atoms with E-state index in [0.29, 0.717) is 35.9 Å². The number of aromatic nitrogens is 1. The topological polar surface area (TPSA) is 154 Å². The van der Waals surface area contributed by atoms with Crippen LogP contribution < -0.4 is 10.2 Å². The van der Waals surface area contributed by atoms with E-state index in [0.717, 1.165) is 23.5 Å². The van der Waals surface area contributed by atoms with Crippen molar-refractivity contribution in [3.63, 3.8) is 0 Å². The largest absolute Gasteiger partial charge is 0.478 e. The molecule has 2 fully saturated rings. The number of aromatic carboxylic acids is 1. The van der Waals surface area contributed by atoms with Gasteiger partial charge in [0.15, 0.2) is 16.5 Å². The van der Waals surface area contributed by atoms with E-state index in [1.165, 1.54) is 48.8 Å². The monoisotopic (exact) mass is 700 g/mol. The molecule has 0 saturated carbocycles. The number of ether oxygens (including phenoxy) is 2. The maximum Gasteiger partial charge on any atom is 0.357 e. The van der Waals surface area contributed by atoms with Gasteiger partial charge in [0.05, 0.1) is 37.1 Å². The van der Waals surface area contributed by atoms with Crippen LogP contribution in [0.2, 0.25) is 5.02 Å². The number of amides is 2. The van der Waals surface area contributed by atoms with Gasteiger partial charge in [-0.25, -0.2) is 32.9 Å². The minimum Gasteiger partial charge on any atom is -0.478 e. The van der Waals surface area contributed by atoms with Crippen molar-refractivity contribution in [3.05, 3.63) is 91.5 Å². The summed E-state index contributed by atoms with van der Waals surface area (Å²) in [5.74, 6) is -3.81. The summed E-state index contributed by atoms with van der Waals surface area (Å²) in [5, 5.41) is 14.2. The molecule has 3 aliphatic heterocycles. The molecule has 2 aromatic carbocycles. The summed E-state index contributed by atoms with van der Waals surface area (Å²) in [6, 6.07) is 5.34. The zero-order chi connectivity index (χ0) is 34.3. The fraction of sp³-hybridized carbons (Fsp3) is 0.290. The minimum absolute atomic E-state index is 0.0229. The van der Waals surface area contributed by atoms with Gasteiger partial charge in [0, 0.05) is 54.4 Å². The predicted octanol–water partition coefficient (Wildman–Crippen LogP) is 3.70. The van der Waals surface area contributed by atoms with Crippen LogP contribution >= 0.6 is 22.9 Å². The number of halogens is 3. The molecule has 2 saturated heterocycles. The Hall–Kier alpha value is -4.93. The van der Waals surface area contributed by atoms with Gasteiger partial charge in [-0.3, -0.25) is 14.8 Å². The third kappa shape index (κ3) is 6.21. The van der Waals surface area contributed by atoms with E-state index < -0.39 is 41.6 Å². The van der Waals surface area contributed by atoms with Crippen LogP contribution in [0.25, 0.3) is 0 Å². The maximum atomic E-state index is 14.9. The normalized spacial score (nSPS) is 19.5. The van der Waals surface area contributed by atoms with E-state index >= 15 is 0 Å². The van der Waals surface area contributed by atoms with E-state index in [-0.39, 0.29) is 52.5 Å². The second-order valence-electron chi connectivity index (χ2n) is 11.0. The molecule has 1 aromatic heterocycles. The highest BCUT2D eigenvalue weighted by molar-refractivity contribution is 7.12. The Morgan fingerprint density at radius 1 is 1.08 bits per heavy atom. The molecule has 250 valence electrons. The van der Waals surface area contributed by atoms with Crippen LogP contribution in [-0.2, 0) is 14.3 Å². The highest BCUT2D eigenvalue weighted by Gasteiger charge is 2.43. The van der Waals surface area contributed by atoms with Crippen molar-refractivity contribution in [3.8, 4) is 0 Å². The molecule has 4 heterocycles. The number of aliphatic imine (C=N–C) groups is 1. The number of carbonyl (C=O) groups is 4. The third-order valence-electron chi connectivity index (χ3n) is 8.19. The van der Waals surface area contributed by atoms with Gasteiger partial charge in [-0.1, -0.05) is 17.7 Å². The number of amidine groups is 1. The number of carboxylic acid groups (broad SMARTS) is 1. The van der Waals surface area contributed by atoms with Gasteiger partial charge in [0.1, 0.15) is 17.7 Å². The fourth-order valence-electron chi connectivity index (χ4n) is 5.91. The molecule has 3 aromatic rings. The number of urea groups is 1. The second kappa shape index (κ2) is 13.3. The lowest BCUT2D eigenvalue weighted by molar-refractivity contribution is -0.136. The van der Waals surface area contributed by atoms with Crippen LogP contribution in [-0.4, -0.2) is 103 Å². The molecule has 2 amide bonds. The molecule has 6 rings (SSSR count). The van der Waals surface area contributed by atoms with Crippen LogP contribution in [0.4, 0.5) is 19.3 Å². The fourth-order valence-corrected chi connectivity index (χ4v) is 6.92. The Bertz CT molecular complexity index is 1900. The molecule has 0 radical (unpaired) electrons. The van der Waals surface area contributed by atoms with E-state index in [1.54, 1.807) is 4.90 Å². The van der Waals surface area contributed by atoms with E-state index in [1.807, 2.05) is 4.90 Å². The predicted molar refractivity (Wildman–Crippen MR) is 169 cm³/mol. The summed E-state index contributed by atoms with van der Waals surface area (Å²) in [7, 11) is 2.45. The number of carbonyl (C=O) groups excluding carboxylic acids is 3. The maximum absolute atomic E-state index is 14.9. The van der Waals surface area contributed by atoms with Crippen LogP contribution in [0.5, 0.6) is 0 Å². The highest BCUT2D eigenvalue weighted by atomic mass is 35.5. The number of fused-ring (bicyclic) bond motifs is 1. The summed E-state index contributed by atoms with van der Waals surface area (Å²) in [5.41, 5.74) is 0.638. The SMILES string of the molecule is COC(=O)C1=C(CN2CCN3C(=O)N(c4ccc(C(=O)O)cc4F)C[C@@H]3C2)NC(c2nc(C(=O)OC)cs2)=N[C@H]1c1ccc(F)cc1Cl. The van der Waals surface area contributed by atoms with Gasteiger partial charge in [-0.2, -0.15) is 0 Å². The van der Waals surface area contributed by atoms with Crippen molar-refractivity contribution in [2.24, 2.45) is 4.99 Å². The number of hydrogen-bond acceptors (Lipinski definition) is 11. The Morgan fingerprint density at radius 2 is 1.85 bits per heavy atom. The average molecular weight is 701 g/mol. The Kier molecular flexibility index (Phi) is 9.13. The first-order chi connectivity index (χ1) is 23.0. The summed E-state index contributed by atoms with van der Waals surface area (Å²) < 4.78 is 38.9. The van der Waals surface area contributed by atoms with Crippen molar-refractivity contribution in [1.82, 2.24) is 20.1 Å². The van der Waals surface area contributed by atoms with Crippen LogP contribution in [0, 0.1) is 11.6 Å². The van der Waals surface area contributed by atoms with Crippen LogP contribution in [0.15, 0.2) is 58.0 Å². The summed E-state index contributed by atoms with van der Waals surface area (Å²) in [4.78, 5) is 64.0. The number of anilines is 1. The zero-order valence-corrected chi connectivity index (χ0v) is 27.0. The molecule has 0 aliphatic carbocycles. The molecular formula is C31H27ClF2N6O7S. The van der Waals surface area contributed by atoms with Gasteiger partial charge < -0.3 is 24.8 Å². The summed E-state index contributed by atoms with van der Waals surface area (Å²) in [6.07, 6.45) is 0. The number of hydrogen-bond donors (Lipinski definition) is 2. The summed E-state index contributed by atoms with van der Waals surface area (Å²) in [6.45, 7) is 1.31. The molecule has 17 heteroatoms. The van der Waals surface area contributed by atoms with Crippen molar-refractivity contribution in [2.75, 3.05) is 51.8 Å². The lowest BCUT2D eigenvalue weighted by atomic mass is 9.95. The number of rotatable bonds is 8. The molecular weight excluding hydrogens is 674 g/mol. The molecule has 2 N–H and O–H groups in total. The number of carboxylic acids is 1. The van der Waals surface area contributed by atoms with E-state index in [4.69, 9.17) is 26.1 Å². The van der Waals surface area contributed by atoms with E-state index in [2.05, 4.69) is 10.3 Å². The Labute approximate surface area is 281 Å². The number of nitrogens with one attached hydrogen (secondary N) is 1. The lowest BCUT2D eigenvalue weighted by Gasteiger charge is -2.38. The molecule has 2 atom stereocenters. The Balaban J connectivity index is 1.31. The average Bonchev–Trinajstić information content (AvgIpc) is 3.69. The van der Waals surface area contributed by atoms with Gasteiger partial charge >= 0.3 is 23.9 Å². The molecule has 0 bridgehead atoms. The van der Waals surface area contributed by atoms with Gasteiger partial charge in [0.2, 0.25) is 0 Å². The quantitative estimate of drug-likeness (QED) is 0.333. The smallest absolute Gasteiger partial charge is 0.357 e. The van der Waals surface area contributed by atoms with Crippen LogP contribution in [0.1, 0.15) is 37.5 Å². The number of methoxy groups -OCH3 is 2. The lowest BCUT2D eigenvalue weighted by Crippen LogP contribution is -2.53. The molecule has 0 spiro atoms. The molecule has 0 unspecified atom stereocenters. The molecule has 48 heavy (non-hydrogen) atoms. The number of thiazole rings is 1. The first-order valence-corrected chi connectivity index (χ1v) is 15.7. The summed E-state index contributed by atoms with van der Waals surface area (Å²) >= 11 is 7.58. The number of esters is 2. The number of benzene rings is 2. The first-order valence-electron chi connectivity index (χ1n) is 14.5. The minimum atomic E-state index is -1.28. The molecule has 3 aliphatic rings. The van der Waals surface area contributed by atoms with Crippen molar-refractivity contribution in [2.45, 2.75) is 12.1 Å². The Morgan fingerprint density at radius 3 is 2.54 bits per heavy atom.